The zero-order valence-electron chi connectivity index (χ0n) is 20.1. The minimum absolute atomic E-state index is 0.0357. The molecule has 7 nitrogen and oxygen atoms in total. The number of hydrogen-bond acceptors (Lipinski definition) is 6. The van der Waals surface area contributed by atoms with Crippen molar-refractivity contribution in [2.45, 2.75) is 65.2 Å². The van der Waals surface area contributed by atoms with Crippen molar-refractivity contribution >= 4 is 17.5 Å². The second kappa shape index (κ2) is 9.08. The first-order chi connectivity index (χ1) is 16.0. The minimum atomic E-state index is -0.466. The zero-order chi connectivity index (χ0) is 24.6. The molecule has 0 aliphatic heterocycles. The molecule has 1 fully saturated rings. The van der Waals surface area contributed by atoms with Gasteiger partial charge in [-0.05, 0) is 48.4 Å². The lowest BCUT2D eigenvalue weighted by atomic mass is 9.90. The topological polar surface area (TPSA) is 98.0 Å². The van der Waals surface area contributed by atoms with Crippen LogP contribution in [0.25, 0.3) is 11.1 Å². The number of ketones is 1. The quantitative estimate of drug-likeness (QED) is 0.457. The highest BCUT2D eigenvalue weighted by Crippen LogP contribution is 2.32. The molecule has 2 aromatic heterocycles. The van der Waals surface area contributed by atoms with Gasteiger partial charge in [-0.2, -0.15) is 4.98 Å². The number of Topliss-reactive ketones (excluding diaryl/α,β-unsaturated/α-hetero) is 1. The molecule has 0 bridgehead atoms. The van der Waals surface area contributed by atoms with E-state index in [1.807, 2.05) is 52.8 Å². The van der Waals surface area contributed by atoms with E-state index in [1.54, 1.807) is 6.07 Å². The molecule has 8 heteroatoms. The number of anilines is 1. The molecule has 1 saturated carbocycles. The smallest absolute Gasteiger partial charge is 0.238 e. The van der Waals surface area contributed by atoms with Gasteiger partial charge >= 0.3 is 0 Å². The summed E-state index contributed by atoms with van der Waals surface area (Å²) in [5, 5.41) is 6.61. The first-order valence-corrected chi connectivity index (χ1v) is 11.5. The Kier molecular flexibility index (Phi) is 6.34. The van der Waals surface area contributed by atoms with E-state index >= 15 is 0 Å². The molecule has 0 saturated heterocycles. The molecule has 2 heterocycles. The summed E-state index contributed by atoms with van der Waals surface area (Å²) in [6.07, 6.45) is 3.11. The Morgan fingerprint density at radius 3 is 2.59 bits per heavy atom. The van der Waals surface area contributed by atoms with Gasteiger partial charge in [0.1, 0.15) is 11.6 Å². The molecule has 1 aliphatic carbocycles. The lowest BCUT2D eigenvalue weighted by Gasteiger charge is -2.15. The molecule has 1 amide bonds. The van der Waals surface area contributed by atoms with Crippen molar-refractivity contribution in [1.82, 2.24) is 15.1 Å². The molecule has 0 radical (unpaired) electrons. The molecule has 34 heavy (non-hydrogen) atoms. The van der Waals surface area contributed by atoms with Crippen molar-refractivity contribution in [3.63, 3.8) is 0 Å². The first kappa shape index (κ1) is 23.7. The third kappa shape index (κ3) is 5.21. The van der Waals surface area contributed by atoms with Crippen molar-refractivity contribution in [1.29, 1.82) is 0 Å². The monoisotopic (exact) mass is 464 g/mol. The summed E-state index contributed by atoms with van der Waals surface area (Å²) in [7, 11) is 0. The lowest BCUT2D eigenvalue weighted by Crippen LogP contribution is -2.14. The maximum absolute atomic E-state index is 14.6. The molecule has 0 unspecified atom stereocenters. The Morgan fingerprint density at radius 2 is 1.97 bits per heavy atom. The Bertz CT molecular complexity index is 1240. The van der Waals surface area contributed by atoms with Gasteiger partial charge in [0.2, 0.25) is 23.4 Å². The summed E-state index contributed by atoms with van der Waals surface area (Å²) in [4.78, 5) is 33.0. The minimum Gasteiger partial charge on any atom is -0.338 e. The summed E-state index contributed by atoms with van der Waals surface area (Å²) in [5.74, 6) is 0.0668. The van der Waals surface area contributed by atoms with E-state index in [0.717, 1.165) is 30.2 Å². The number of nitrogens with one attached hydrogen (secondary N) is 1. The van der Waals surface area contributed by atoms with Crippen molar-refractivity contribution in [3.8, 4) is 11.1 Å². The van der Waals surface area contributed by atoms with E-state index in [0.29, 0.717) is 22.8 Å². The average Bonchev–Trinajstić information content (AvgIpc) is 3.49. The number of nitrogens with zero attached hydrogens (tertiary/aromatic N) is 3. The fourth-order valence-electron chi connectivity index (χ4n) is 3.82. The van der Waals surface area contributed by atoms with Crippen LogP contribution in [0.15, 0.2) is 35.0 Å². The van der Waals surface area contributed by atoms with Crippen LogP contribution >= 0.6 is 0 Å². The van der Waals surface area contributed by atoms with Crippen molar-refractivity contribution < 1.29 is 18.5 Å². The van der Waals surface area contributed by atoms with Gasteiger partial charge in [-0.15, -0.1) is 0 Å². The largest absolute Gasteiger partial charge is 0.338 e. The van der Waals surface area contributed by atoms with Crippen LogP contribution < -0.4 is 5.32 Å². The molecule has 1 aromatic carbocycles. The lowest BCUT2D eigenvalue weighted by molar-refractivity contribution is -0.117. The summed E-state index contributed by atoms with van der Waals surface area (Å²) in [5.41, 5.74) is 2.62. The summed E-state index contributed by atoms with van der Waals surface area (Å²) < 4.78 is 19.8. The third-order valence-corrected chi connectivity index (χ3v) is 5.98. The van der Waals surface area contributed by atoms with Gasteiger partial charge in [0.05, 0.1) is 6.20 Å². The van der Waals surface area contributed by atoms with E-state index < -0.39 is 5.82 Å². The van der Waals surface area contributed by atoms with Crippen molar-refractivity contribution in [2.75, 3.05) is 5.32 Å². The molecule has 4 rings (SSSR count). The summed E-state index contributed by atoms with van der Waals surface area (Å²) in [6, 6.07) is 7.16. The van der Waals surface area contributed by atoms with E-state index in [-0.39, 0.29) is 41.2 Å². The SMILES string of the molecule is Cc1cc(-c2cc(NC(=O)C3CC3)ncc2F)ccc1[C@@H](C)CC(=O)c1noc(C(C)(C)C)n1. The van der Waals surface area contributed by atoms with Gasteiger partial charge in [-0.25, -0.2) is 9.37 Å². The number of amides is 1. The number of carbonyl (C=O) groups is 2. The van der Waals surface area contributed by atoms with E-state index in [9.17, 15) is 14.0 Å². The van der Waals surface area contributed by atoms with Gasteiger partial charge in [0.15, 0.2) is 0 Å². The van der Waals surface area contributed by atoms with E-state index in [1.165, 1.54) is 0 Å². The molecule has 3 aromatic rings. The number of carbonyl (C=O) groups excluding carboxylic acids is 2. The fourth-order valence-corrected chi connectivity index (χ4v) is 3.82. The average molecular weight is 465 g/mol. The number of halogens is 1. The molecular formula is C26H29FN4O3. The highest BCUT2D eigenvalue weighted by atomic mass is 19.1. The molecule has 0 spiro atoms. The van der Waals surface area contributed by atoms with Crippen LogP contribution in [-0.2, 0) is 10.2 Å². The maximum atomic E-state index is 14.6. The molecule has 1 atom stereocenters. The van der Waals surface area contributed by atoms with E-state index in [2.05, 4.69) is 20.4 Å². The Labute approximate surface area is 198 Å². The van der Waals surface area contributed by atoms with Crippen molar-refractivity contribution in [2.24, 2.45) is 5.92 Å². The third-order valence-electron chi connectivity index (χ3n) is 5.98. The number of pyridine rings is 1. The number of benzene rings is 1. The number of hydrogen-bond donors (Lipinski definition) is 1. The summed E-state index contributed by atoms with van der Waals surface area (Å²) in [6.45, 7) is 9.72. The number of aryl methyl sites for hydroxylation is 1. The maximum Gasteiger partial charge on any atom is 0.238 e. The number of rotatable bonds is 7. The normalized spacial score (nSPS) is 14.6. The van der Waals surface area contributed by atoms with Crippen LogP contribution in [0, 0.1) is 18.7 Å². The molecule has 178 valence electrons. The van der Waals surface area contributed by atoms with Gasteiger partial charge in [-0.1, -0.05) is 51.1 Å². The summed E-state index contributed by atoms with van der Waals surface area (Å²) >= 11 is 0. The van der Waals surface area contributed by atoms with Crippen LogP contribution in [-0.4, -0.2) is 26.8 Å². The number of aromatic nitrogens is 3. The van der Waals surface area contributed by atoms with Gasteiger partial charge < -0.3 is 9.84 Å². The second-order valence-electron chi connectivity index (χ2n) is 10.1. The predicted octanol–water partition coefficient (Wildman–Crippen LogP) is 5.60. The zero-order valence-corrected chi connectivity index (χ0v) is 20.1. The van der Waals surface area contributed by atoms with Gasteiger partial charge in [0, 0.05) is 23.3 Å². The highest BCUT2D eigenvalue weighted by molar-refractivity contribution is 5.94. The van der Waals surface area contributed by atoms with Crippen LogP contribution in [0.3, 0.4) is 0 Å². The first-order valence-electron chi connectivity index (χ1n) is 11.5. The Morgan fingerprint density at radius 1 is 1.24 bits per heavy atom. The van der Waals surface area contributed by atoms with Gasteiger partial charge in [-0.3, -0.25) is 9.59 Å². The molecular weight excluding hydrogens is 435 g/mol. The van der Waals surface area contributed by atoms with Crippen LogP contribution in [0.5, 0.6) is 0 Å². The molecule has 1 N–H and O–H groups in total. The van der Waals surface area contributed by atoms with Crippen LogP contribution in [0.4, 0.5) is 10.2 Å². The van der Waals surface area contributed by atoms with Crippen LogP contribution in [0.1, 0.15) is 80.5 Å². The molecule has 1 aliphatic rings. The fraction of sp³-hybridized carbons (Fsp3) is 0.423. The standard InChI is InChI=1S/C26H29FN4O3/c1-14-10-17(19-12-22(28-13-20(19)27)29-24(33)16-6-7-16)8-9-18(14)15(2)11-21(32)23-30-25(34-31-23)26(3,4)5/h8-10,12-13,15-16H,6-7,11H2,1-5H3,(H,28,29,33)/t15-/m0/s1. The van der Waals surface area contributed by atoms with Crippen molar-refractivity contribution in [3.05, 3.63) is 59.1 Å². The highest BCUT2D eigenvalue weighted by Gasteiger charge is 2.30. The van der Waals surface area contributed by atoms with Gasteiger partial charge in [0.25, 0.3) is 0 Å². The predicted molar refractivity (Wildman–Crippen MR) is 126 cm³/mol. The Hall–Kier alpha value is -3.42. The van der Waals surface area contributed by atoms with E-state index in [4.69, 9.17) is 4.52 Å². The second-order valence-corrected chi connectivity index (χ2v) is 10.1. The Balaban J connectivity index is 1.50. The van der Waals surface area contributed by atoms with Crippen LogP contribution in [0.2, 0.25) is 0 Å².